The van der Waals surface area contributed by atoms with E-state index in [9.17, 15) is 13.6 Å². The second-order valence-corrected chi connectivity index (χ2v) is 4.79. The number of anilines is 1. The Hall–Kier alpha value is -1.95. The van der Waals surface area contributed by atoms with E-state index in [0.29, 0.717) is 10.2 Å². The van der Waals surface area contributed by atoms with Crippen molar-refractivity contribution >= 4 is 27.6 Å². The van der Waals surface area contributed by atoms with Crippen LogP contribution in [0.15, 0.2) is 40.9 Å². The molecule has 0 unspecified atom stereocenters. The van der Waals surface area contributed by atoms with Crippen molar-refractivity contribution in [3.05, 3.63) is 63.6 Å². The molecule has 0 saturated carbocycles. The fourth-order valence-corrected chi connectivity index (χ4v) is 2.01. The van der Waals surface area contributed by atoms with E-state index in [1.54, 1.807) is 12.1 Å². The monoisotopic (exact) mass is 341 g/mol. The fourth-order valence-electron chi connectivity index (χ4n) is 1.59. The summed E-state index contributed by atoms with van der Waals surface area (Å²) in [6.45, 7) is -0.357. The zero-order valence-corrected chi connectivity index (χ0v) is 11.8. The van der Waals surface area contributed by atoms with Crippen LogP contribution >= 0.6 is 15.9 Å². The van der Waals surface area contributed by atoms with Gasteiger partial charge in [0.15, 0.2) is 11.6 Å². The molecule has 6 heteroatoms. The van der Waals surface area contributed by atoms with Gasteiger partial charge in [-0.3, -0.25) is 0 Å². The third kappa shape index (κ3) is 2.96. The Labute approximate surface area is 122 Å². The lowest BCUT2D eigenvalue weighted by Crippen LogP contribution is -2.08. The van der Waals surface area contributed by atoms with Gasteiger partial charge in [0.25, 0.3) is 0 Å². The standard InChI is InChI=1S/C14H10BrF2NO2/c15-12-9(4-2-6-11(12)18)14(19)20-7-8-3-1-5-10(16)13(8)17/h1-6H,7,18H2. The van der Waals surface area contributed by atoms with Crippen LogP contribution in [-0.4, -0.2) is 5.97 Å². The molecule has 0 bridgehead atoms. The van der Waals surface area contributed by atoms with Crippen LogP contribution in [0.4, 0.5) is 14.5 Å². The van der Waals surface area contributed by atoms with E-state index in [2.05, 4.69) is 15.9 Å². The van der Waals surface area contributed by atoms with Crippen molar-refractivity contribution in [3.8, 4) is 0 Å². The summed E-state index contributed by atoms with van der Waals surface area (Å²) >= 11 is 3.17. The average molecular weight is 342 g/mol. The number of rotatable bonds is 3. The van der Waals surface area contributed by atoms with E-state index in [4.69, 9.17) is 10.5 Å². The normalized spacial score (nSPS) is 10.3. The number of halogens is 3. The van der Waals surface area contributed by atoms with Crippen LogP contribution < -0.4 is 5.73 Å². The van der Waals surface area contributed by atoms with Crippen molar-refractivity contribution in [3.63, 3.8) is 0 Å². The highest BCUT2D eigenvalue weighted by Gasteiger charge is 2.15. The number of carbonyl (C=O) groups is 1. The summed E-state index contributed by atoms with van der Waals surface area (Å²) in [5.41, 5.74) is 6.23. The van der Waals surface area contributed by atoms with Crippen LogP contribution in [-0.2, 0) is 11.3 Å². The zero-order chi connectivity index (χ0) is 14.7. The molecule has 0 aliphatic heterocycles. The number of hydrogen-bond donors (Lipinski definition) is 1. The molecule has 0 spiro atoms. The molecule has 2 aromatic carbocycles. The van der Waals surface area contributed by atoms with Crippen molar-refractivity contribution in [2.24, 2.45) is 0 Å². The molecule has 0 fully saturated rings. The molecule has 0 saturated heterocycles. The van der Waals surface area contributed by atoms with Crippen LogP contribution in [0.1, 0.15) is 15.9 Å². The smallest absolute Gasteiger partial charge is 0.339 e. The quantitative estimate of drug-likeness (QED) is 0.684. The topological polar surface area (TPSA) is 52.3 Å². The molecule has 0 aromatic heterocycles. The first-order chi connectivity index (χ1) is 9.50. The minimum absolute atomic E-state index is 0.0293. The number of carbonyl (C=O) groups excluding carboxylic acids is 1. The summed E-state index contributed by atoms with van der Waals surface area (Å²) in [4.78, 5) is 11.9. The summed E-state index contributed by atoms with van der Waals surface area (Å²) in [6, 6.07) is 8.42. The van der Waals surface area contributed by atoms with E-state index in [1.165, 1.54) is 18.2 Å². The number of ether oxygens (including phenoxy) is 1. The van der Waals surface area contributed by atoms with Gasteiger partial charge in [-0.25, -0.2) is 13.6 Å². The summed E-state index contributed by atoms with van der Waals surface area (Å²) < 4.78 is 31.8. The van der Waals surface area contributed by atoms with Gasteiger partial charge in [0, 0.05) is 11.3 Å². The van der Waals surface area contributed by atoms with Crippen molar-refractivity contribution in [2.45, 2.75) is 6.61 Å². The van der Waals surface area contributed by atoms with Crippen LogP contribution in [0.3, 0.4) is 0 Å². The maximum Gasteiger partial charge on any atom is 0.339 e. The first kappa shape index (κ1) is 14.5. The minimum Gasteiger partial charge on any atom is -0.457 e. The molecule has 104 valence electrons. The molecule has 0 heterocycles. The highest BCUT2D eigenvalue weighted by molar-refractivity contribution is 9.10. The lowest BCUT2D eigenvalue weighted by molar-refractivity contribution is 0.0467. The lowest BCUT2D eigenvalue weighted by atomic mass is 10.2. The molecule has 20 heavy (non-hydrogen) atoms. The predicted molar refractivity (Wildman–Crippen MR) is 74.0 cm³/mol. The highest BCUT2D eigenvalue weighted by Crippen LogP contribution is 2.24. The lowest BCUT2D eigenvalue weighted by Gasteiger charge is -2.08. The number of nitrogen functional groups attached to an aromatic ring is 1. The third-order valence-corrected chi connectivity index (χ3v) is 3.52. The van der Waals surface area contributed by atoms with E-state index >= 15 is 0 Å². The van der Waals surface area contributed by atoms with Gasteiger partial charge in [-0.05, 0) is 34.1 Å². The van der Waals surface area contributed by atoms with Gasteiger partial charge in [0.1, 0.15) is 6.61 Å². The summed E-state index contributed by atoms with van der Waals surface area (Å²) in [7, 11) is 0. The van der Waals surface area contributed by atoms with Crippen LogP contribution in [0, 0.1) is 11.6 Å². The molecule has 0 aliphatic rings. The van der Waals surface area contributed by atoms with Gasteiger partial charge in [-0.2, -0.15) is 0 Å². The van der Waals surface area contributed by atoms with Gasteiger partial charge in [0.05, 0.1) is 10.0 Å². The van der Waals surface area contributed by atoms with Gasteiger partial charge in [-0.15, -0.1) is 0 Å². The summed E-state index contributed by atoms with van der Waals surface area (Å²) in [6.07, 6.45) is 0. The molecular formula is C14H10BrF2NO2. The molecule has 2 aromatic rings. The molecule has 2 N–H and O–H groups in total. The molecular weight excluding hydrogens is 332 g/mol. The highest BCUT2D eigenvalue weighted by atomic mass is 79.9. The van der Waals surface area contributed by atoms with Crippen molar-refractivity contribution < 1.29 is 18.3 Å². The second-order valence-electron chi connectivity index (χ2n) is 4.00. The fraction of sp³-hybridized carbons (Fsp3) is 0.0714. The number of nitrogens with two attached hydrogens (primary N) is 1. The molecule has 0 atom stereocenters. The average Bonchev–Trinajstić information content (AvgIpc) is 2.43. The molecule has 0 amide bonds. The predicted octanol–water partition coefficient (Wildman–Crippen LogP) is 3.67. The van der Waals surface area contributed by atoms with E-state index in [1.807, 2.05) is 0 Å². The van der Waals surface area contributed by atoms with Crippen LogP contribution in [0.25, 0.3) is 0 Å². The van der Waals surface area contributed by atoms with Gasteiger partial charge < -0.3 is 10.5 Å². The molecule has 3 nitrogen and oxygen atoms in total. The number of benzene rings is 2. The van der Waals surface area contributed by atoms with Gasteiger partial charge in [0.2, 0.25) is 0 Å². The molecule has 2 rings (SSSR count). The van der Waals surface area contributed by atoms with Gasteiger partial charge >= 0.3 is 5.97 Å². The Morgan fingerprint density at radius 1 is 1.20 bits per heavy atom. The molecule has 0 radical (unpaired) electrons. The van der Waals surface area contributed by atoms with E-state index in [-0.39, 0.29) is 17.7 Å². The van der Waals surface area contributed by atoms with E-state index < -0.39 is 17.6 Å². The Morgan fingerprint density at radius 3 is 2.65 bits per heavy atom. The zero-order valence-electron chi connectivity index (χ0n) is 10.2. The maximum atomic E-state index is 13.4. The SMILES string of the molecule is Nc1cccc(C(=O)OCc2cccc(F)c2F)c1Br. The van der Waals surface area contributed by atoms with Gasteiger partial charge in [-0.1, -0.05) is 18.2 Å². The largest absolute Gasteiger partial charge is 0.457 e. The van der Waals surface area contributed by atoms with E-state index in [0.717, 1.165) is 6.07 Å². The Kier molecular flexibility index (Phi) is 4.34. The van der Waals surface area contributed by atoms with Crippen molar-refractivity contribution in [1.82, 2.24) is 0 Å². The first-order valence-corrected chi connectivity index (χ1v) is 6.44. The first-order valence-electron chi connectivity index (χ1n) is 5.64. The van der Waals surface area contributed by atoms with Crippen molar-refractivity contribution in [1.29, 1.82) is 0 Å². The molecule has 0 aliphatic carbocycles. The summed E-state index contributed by atoms with van der Waals surface area (Å²) in [5, 5.41) is 0. The number of esters is 1. The Balaban J connectivity index is 2.13. The van der Waals surface area contributed by atoms with Crippen molar-refractivity contribution in [2.75, 3.05) is 5.73 Å². The second kappa shape index (κ2) is 6.00. The summed E-state index contributed by atoms with van der Waals surface area (Å²) in [5.74, 6) is -2.68. The number of hydrogen-bond acceptors (Lipinski definition) is 3. The van der Waals surface area contributed by atoms with Crippen LogP contribution in [0.5, 0.6) is 0 Å². The minimum atomic E-state index is -1.02. The Morgan fingerprint density at radius 2 is 1.90 bits per heavy atom. The van der Waals surface area contributed by atoms with Crippen LogP contribution in [0.2, 0.25) is 0 Å². The maximum absolute atomic E-state index is 13.4. The Bertz CT molecular complexity index is 662. The third-order valence-electron chi connectivity index (χ3n) is 2.64.